The highest BCUT2D eigenvalue weighted by Gasteiger charge is 2.24. The second kappa shape index (κ2) is 45.8. The lowest BCUT2D eigenvalue weighted by Crippen LogP contribution is -2.29. The van der Waals surface area contributed by atoms with Gasteiger partial charge in [0.2, 0.25) is 0 Å². The van der Waals surface area contributed by atoms with Crippen LogP contribution in [0, 0.1) is 0 Å². The molecule has 0 aromatic heterocycles. The van der Waals surface area contributed by atoms with Crippen molar-refractivity contribution in [3.05, 3.63) is 36.5 Å². The zero-order chi connectivity index (χ0) is 43.2. The number of hydrogen-bond acceptors (Lipinski definition) is 7. The fraction of sp³-hybridized carbons (Fsp3) is 0.840. The lowest BCUT2D eigenvalue weighted by molar-refractivity contribution is -0.161. The maximum Gasteiger partial charge on any atom is 0.472 e. The average Bonchev–Trinajstić information content (AvgIpc) is 3.23. The second-order valence-corrected chi connectivity index (χ2v) is 18.2. The normalized spacial score (nSPS) is 13.5. The van der Waals surface area contributed by atoms with Crippen molar-refractivity contribution in [2.45, 2.75) is 251 Å². The predicted molar refractivity (Wildman–Crippen MR) is 249 cm³/mol. The molecule has 0 saturated heterocycles. The van der Waals surface area contributed by atoms with Crippen molar-refractivity contribution in [3.63, 3.8) is 0 Å². The summed E-state index contributed by atoms with van der Waals surface area (Å²) in [6, 6.07) is 0. The molecule has 0 aliphatic heterocycles. The molecule has 1 N–H and O–H groups in total. The van der Waals surface area contributed by atoms with Gasteiger partial charge in [-0.3, -0.25) is 18.6 Å². The number of ether oxygens (including phenoxy) is 2. The minimum atomic E-state index is -4.27. The summed E-state index contributed by atoms with van der Waals surface area (Å²) < 4.78 is 32.1. The highest BCUT2D eigenvalue weighted by Crippen LogP contribution is 2.42. The molecular formula is C50H93O8P. The van der Waals surface area contributed by atoms with Crippen molar-refractivity contribution in [3.8, 4) is 0 Å². The number of rotatable bonds is 46. The highest BCUT2D eigenvalue weighted by atomic mass is 31.2. The van der Waals surface area contributed by atoms with Crippen LogP contribution in [-0.2, 0) is 32.7 Å². The van der Waals surface area contributed by atoms with Gasteiger partial charge in [-0.15, -0.1) is 0 Å². The van der Waals surface area contributed by atoms with Crippen LogP contribution in [0.2, 0.25) is 0 Å². The van der Waals surface area contributed by atoms with Crippen LogP contribution in [0.4, 0.5) is 0 Å². The Morgan fingerprint density at radius 3 is 1.24 bits per heavy atom. The molecule has 0 spiro atoms. The Labute approximate surface area is 364 Å². The summed E-state index contributed by atoms with van der Waals surface area (Å²) in [6.07, 6.45) is 54.9. The van der Waals surface area contributed by atoms with Gasteiger partial charge < -0.3 is 14.4 Å². The van der Waals surface area contributed by atoms with Gasteiger partial charge in [-0.05, 0) is 51.4 Å². The van der Waals surface area contributed by atoms with Crippen LogP contribution in [0.25, 0.3) is 0 Å². The first-order valence-corrected chi connectivity index (χ1v) is 26.2. The maximum atomic E-state index is 12.6. The SMILES string of the molecule is CCCCC/C=C\C/C=C\C/C=C\CCCCCCCCC(=O)OC(COC(=O)CCCCCCCCCCCCCCCCCCCCCCC)COP(=O)(O)OC. The predicted octanol–water partition coefficient (Wildman–Crippen LogP) is 16.0. The van der Waals surface area contributed by atoms with Gasteiger partial charge in [0.05, 0.1) is 6.61 Å². The smallest absolute Gasteiger partial charge is 0.462 e. The summed E-state index contributed by atoms with van der Waals surface area (Å²) in [5, 5.41) is 0. The first-order chi connectivity index (χ1) is 28.8. The lowest BCUT2D eigenvalue weighted by Gasteiger charge is -2.19. The van der Waals surface area contributed by atoms with Gasteiger partial charge in [-0.1, -0.05) is 217 Å². The Kier molecular flexibility index (Phi) is 44.4. The van der Waals surface area contributed by atoms with Crippen molar-refractivity contribution in [2.75, 3.05) is 20.3 Å². The van der Waals surface area contributed by atoms with Gasteiger partial charge in [0.1, 0.15) is 6.61 Å². The molecule has 0 aliphatic carbocycles. The molecule has 9 heteroatoms. The van der Waals surface area contributed by atoms with Crippen molar-refractivity contribution in [2.24, 2.45) is 0 Å². The zero-order valence-corrected chi connectivity index (χ0v) is 39.6. The average molecular weight is 853 g/mol. The van der Waals surface area contributed by atoms with Crippen LogP contribution >= 0.6 is 7.82 Å². The van der Waals surface area contributed by atoms with Gasteiger partial charge in [0.25, 0.3) is 0 Å². The molecule has 0 amide bonds. The number of carbonyl (C=O) groups excluding carboxylic acids is 2. The summed E-state index contributed by atoms with van der Waals surface area (Å²) in [4.78, 5) is 34.6. The second-order valence-electron chi connectivity index (χ2n) is 16.6. The van der Waals surface area contributed by atoms with Gasteiger partial charge in [-0.25, -0.2) is 4.57 Å². The fourth-order valence-corrected chi connectivity index (χ4v) is 7.54. The molecule has 0 aromatic rings. The molecule has 0 saturated carbocycles. The molecular weight excluding hydrogens is 760 g/mol. The molecule has 0 heterocycles. The number of unbranched alkanes of at least 4 members (excludes halogenated alkanes) is 29. The van der Waals surface area contributed by atoms with Gasteiger partial charge in [0.15, 0.2) is 6.10 Å². The van der Waals surface area contributed by atoms with Gasteiger partial charge in [-0.2, -0.15) is 0 Å². The molecule has 0 rings (SSSR count). The Balaban J connectivity index is 3.92. The van der Waals surface area contributed by atoms with E-state index >= 15 is 0 Å². The van der Waals surface area contributed by atoms with Crippen molar-refractivity contribution in [1.82, 2.24) is 0 Å². The van der Waals surface area contributed by atoms with Gasteiger partial charge >= 0.3 is 19.8 Å². The van der Waals surface area contributed by atoms with E-state index in [1.807, 2.05) is 0 Å². The third-order valence-corrected chi connectivity index (χ3v) is 11.8. The van der Waals surface area contributed by atoms with E-state index in [-0.39, 0.29) is 19.0 Å². The topological polar surface area (TPSA) is 108 Å². The van der Waals surface area contributed by atoms with E-state index in [4.69, 9.17) is 14.0 Å². The Morgan fingerprint density at radius 2 is 0.814 bits per heavy atom. The van der Waals surface area contributed by atoms with E-state index in [0.29, 0.717) is 12.8 Å². The molecule has 0 bridgehead atoms. The summed E-state index contributed by atoms with van der Waals surface area (Å²) in [6.45, 7) is 3.89. The van der Waals surface area contributed by atoms with E-state index in [1.165, 1.54) is 154 Å². The molecule has 0 aliphatic rings. The standard InChI is InChI=1S/C50H93O8P/c1-4-6-8-10-12-14-16-18-20-22-24-25-27-28-30-32-34-36-38-40-42-44-49(51)56-46-48(47-57-59(53,54)55-3)58-50(52)45-43-41-39-37-35-33-31-29-26-23-21-19-17-15-13-11-9-7-5-2/h13,15,19,21,26,29,48H,4-12,14,16-18,20,22-25,27-28,30-47H2,1-3H3,(H,53,54)/b15-13-,21-19-,29-26-. The number of carbonyl (C=O) groups is 2. The summed E-state index contributed by atoms with van der Waals surface area (Å²) in [5.41, 5.74) is 0. The molecule has 0 radical (unpaired) electrons. The first kappa shape index (κ1) is 57.3. The number of hydrogen-bond donors (Lipinski definition) is 1. The Hall–Kier alpha value is -1.73. The van der Waals surface area contributed by atoms with Crippen LogP contribution < -0.4 is 0 Å². The first-order valence-electron chi connectivity index (χ1n) is 24.7. The number of allylic oxidation sites excluding steroid dienone is 6. The van der Waals surface area contributed by atoms with Gasteiger partial charge in [0, 0.05) is 20.0 Å². The van der Waals surface area contributed by atoms with E-state index in [1.54, 1.807) is 0 Å². The third-order valence-electron chi connectivity index (χ3n) is 10.9. The number of phosphoric ester groups is 1. The lowest BCUT2D eigenvalue weighted by atomic mass is 10.0. The summed E-state index contributed by atoms with van der Waals surface area (Å²) in [5.74, 6) is -0.807. The van der Waals surface area contributed by atoms with Crippen molar-refractivity contribution in [1.29, 1.82) is 0 Å². The van der Waals surface area contributed by atoms with E-state index in [2.05, 4.69) is 54.8 Å². The molecule has 346 valence electrons. The molecule has 0 aromatic carbocycles. The largest absolute Gasteiger partial charge is 0.472 e. The zero-order valence-electron chi connectivity index (χ0n) is 38.7. The molecule has 2 unspecified atom stereocenters. The number of phosphoric acid groups is 1. The Morgan fingerprint density at radius 1 is 0.475 bits per heavy atom. The summed E-state index contributed by atoms with van der Waals surface area (Å²) in [7, 11) is -3.20. The molecule has 59 heavy (non-hydrogen) atoms. The van der Waals surface area contributed by atoms with Crippen molar-refractivity contribution >= 4 is 19.8 Å². The van der Waals surface area contributed by atoms with Crippen LogP contribution in [-0.4, -0.2) is 43.3 Å². The minimum absolute atomic E-state index is 0.227. The maximum absolute atomic E-state index is 12.6. The third kappa shape index (κ3) is 45.6. The van der Waals surface area contributed by atoms with Crippen LogP contribution in [0.15, 0.2) is 36.5 Å². The molecule has 8 nitrogen and oxygen atoms in total. The molecule has 0 fully saturated rings. The van der Waals surface area contributed by atoms with E-state index < -0.39 is 26.5 Å². The minimum Gasteiger partial charge on any atom is -0.462 e. The van der Waals surface area contributed by atoms with Crippen LogP contribution in [0.5, 0.6) is 0 Å². The van der Waals surface area contributed by atoms with E-state index in [9.17, 15) is 19.0 Å². The number of esters is 2. The quantitative estimate of drug-likeness (QED) is 0.0279. The molecule has 2 atom stereocenters. The highest BCUT2D eigenvalue weighted by molar-refractivity contribution is 7.47. The Bertz CT molecular complexity index is 1060. The summed E-state index contributed by atoms with van der Waals surface area (Å²) >= 11 is 0. The monoisotopic (exact) mass is 853 g/mol. The van der Waals surface area contributed by atoms with Crippen LogP contribution in [0.3, 0.4) is 0 Å². The van der Waals surface area contributed by atoms with E-state index in [0.717, 1.165) is 64.9 Å². The fourth-order valence-electron chi connectivity index (χ4n) is 7.08. The van der Waals surface area contributed by atoms with Crippen LogP contribution in [0.1, 0.15) is 245 Å². The van der Waals surface area contributed by atoms with Crippen molar-refractivity contribution < 1.29 is 37.6 Å².